The number of aromatic nitrogens is 2. The van der Waals surface area contributed by atoms with Crippen molar-refractivity contribution in [2.45, 2.75) is 0 Å². The molecular weight excluding hydrogens is 264 g/mol. The number of hydrogen-bond donors (Lipinski definition) is 1. The van der Waals surface area contributed by atoms with Crippen LogP contribution in [0.15, 0.2) is 36.7 Å². The summed E-state index contributed by atoms with van der Waals surface area (Å²) in [6.07, 6.45) is 3.10. The number of amides is 1. The minimum absolute atomic E-state index is 0.247. The fourth-order valence-corrected chi connectivity index (χ4v) is 1.65. The SMILES string of the molecule is CN(C)c1ccc(NC(=O)c2ccnc(Cl)c2)cn1. The van der Waals surface area contributed by atoms with E-state index in [0.29, 0.717) is 11.3 Å². The van der Waals surface area contributed by atoms with E-state index < -0.39 is 0 Å². The maximum Gasteiger partial charge on any atom is 0.255 e. The van der Waals surface area contributed by atoms with Gasteiger partial charge in [-0.05, 0) is 24.3 Å². The Morgan fingerprint density at radius 3 is 2.63 bits per heavy atom. The molecule has 5 nitrogen and oxygen atoms in total. The summed E-state index contributed by atoms with van der Waals surface area (Å²) in [6.45, 7) is 0. The summed E-state index contributed by atoms with van der Waals surface area (Å²) in [5, 5.41) is 3.03. The molecule has 2 aromatic heterocycles. The summed E-state index contributed by atoms with van der Waals surface area (Å²) < 4.78 is 0. The van der Waals surface area contributed by atoms with Crippen LogP contribution in [0.1, 0.15) is 10.4 Å². The van der Waals surface area contributed by atoms with Crippen molar-refractivity contribution in [2.24, 2.45) is 0 Å². The number of nitrogens with zero attached hydrogens (tertiary/aromatic N) is 3. The highest BCUT2D eigenvalue weighted by atomic mass is 35.5. The van der Waals surface area contributed by atoms with Gasteiger partial charge in [-0.3, -0.25) is 4.79 Å². The Balaban J connectivity index is 2.10. The van der Waals surface area contributed by atoms with Crippen molar-refractivity contribution in [3.63, 3.8) is 0 Å². The Kier molecular flexibility index (Phi) is 3.97. The molecule has 0 aliphatic carbocycles. The van der Waals surface area contributed by atoms with Crippen LogP contribution in [0.25, 0.3) is 0 Å². The van der Waals surface area contributed by atoms with Gasteiger partial charge in [0.25, 0.3) is 5.91 Å². The Hall–Kier alpha value is -2.14. The third kappa shape index (κ3) is 3.42. The first-order valence-corrected chi connectivity index (χ1v) is 6.00. The molecule has 0 aliphatic rings. The third-order valence-corrected chi connectivity index (χ3v) is 2.66. The molecule has 0 atom stereocenters. The first kappa shape index (κ1) is 13.3. The van der Waals surface area contributed by atoms with Gasteiger partial charge >= 0.3 is 0 Å². The second-order valence-electron chi connectivity index (χ2n) is 4.12. The number of carbonyl (C=O) groups is 1. The van der Waals surface area contributed by atoms with Crippen LogP contribution >= 0.6 is 11.6 Å². The molecule has 0 fully saturated rings. The van der Waals surface area contributed by atoms with E-state index in [9.17, 15) is 4.79 Å². The number of nitrogens with one attached hydrogen (secondary N) is 1. The highest BCUT2D eigenvalue weighted by molar-refractivity contribution is 6.29. The normalized spacial score (nSPS) is 10.1. The monoisotopic (exact) mass is 276 g/mol. The first-order valence-electron chi connectivity index (χ1n) is 5.62. The standard InChI is InChI=1S/C13H13ClN4O/c1-18(2)12-4-3-10(8-16-12)17-13(19)9-5-6-15-11(14)7-9/h3-8H,1-2H3,(H,17,19). The van der Waals surface area contributed by atoms with E-state index in [0.717, 1.165) is 5.82 Å². The van der Waals surface area contributed by atoms with E-state index in [-0.39, 0.29) is 11.1 Å². The van der Waals surface area contributed by atoms with Crippen molar-refractivity contribution < 1.29 is 4.79 Å². The summed E-state index contributed by atoms with van der Waals surface area (Å²) in [5.41, 5.74) is 1.08. The molecule has 0 saturated heterocycles. The van der Waals surface area contributed by atoms with E-state index >= 15 is 0 Å². The fourth-order valence-electron chi connectivity index (χ4n) is 1.47. The lowest BCUT2D eigenvalue weighted by Crippen LogP contribution is -2.13. The van der Waals surface area contributed by atoms with Crippen LogP contribution in [0.2, 0.25) is 5.15 Å². The Morgan fingerprint density at radius 1 is 1.26 bits per heavy atom. The number of anilines is 2. The molecule has 2 rings (SSSR count). The number of halogens is 1. The van der Waals surface area contributed by atoms with E-state index in [4.69, 9.17) is 11.6 Å². The van der Waals surface area contributed by atoms with Crippen molar-refractivity contribution >= 4 is 29.0 Å². The Labute approximate surface area is 116 Å². The summed E-state index contributed by atoms with van der Waals surface area (Å²) in [7, 11) is 3.80. The zero-order valence-electron chi connectivity index (χ0n) is 10.6. The molecule has 1 N–H and O–H groups in total. The summed E-state index contributed by atoms with van der Waals surface area (Å²) in [5.74, 6) is 0.577. The van der Waals surface area contributed by atoms with Crippen LogP contribution in [-0.2, 0) is 0 Å². The van der Waals surface area contributed by atoms with Crippen LogP contribution in [-0.4, -0.2) is 30.0 Å². The number of hydrogen-bond acceptors (Lipinski definition) is 4. The highest BCUT2D eigenvalue weighted by Crippen LogP contribution is 2.14. The number of pyridine rings is 2. The predicted octanol–water partition coefficient (Wildman–Crippen LogP) is 2.45. The molecule has 0 aromatic carbocycles. The topological polar surface area (TPSA) is 58.1 Å². The average Bonchev–Trinajstić information content (AvgIpc) is 2.39. The van der Waals surface area contributed by atoms with Gasteiger partial charge < -0.3 is 10.2 Å². The summed E-state index contributed by atoms with van der Waals surface area (Å²) in [4.78, 5) is 21.9. The van der Waals surface area contributed by atoms with Gasteiger partial charge in [-0.1, -0.05) is 11.6 Å². The lowest BCUT2D eigenvalue weighted by molar-refractivity contribution is 0.102. The molecule has 0 aliphatic heterocycles. The predicted molar refractivity (Wildman–Crippen MR) is 75.8 cm³/mol. The summed E-state index contributed by atoms with van der Waals surface area (Å²) >= 11 is 5.74. The lowest BCUT2D eigenvalue weighted by atomic mass is 10.2. The smallest absolute Gasteiger partial charge is 0.255 e. The van der Waals surface area contributed by atoms with E-state index in [1.165, 1.54) is 12.3 Å². The van der Waals surface area contributed by atoms with Crippen LogP contribution in [0, 0.1) is 0 Å². The van der Waals surface area contributed by atoms with Gasteiger partial charge in [0.1, 0.15) is 11.0 Å². The second kappa shape index (κ2) is 5.67. The third-order valence-electron chi connectivity index (χ3n) is 2.45. The minimum atomic E-state index is -0.247. The van der Waals surface area contributed by atoms with Crippen molar-refractivity contribution in [3.8, 4) is 0 Å². The largest absolute Gasteiger partial charge is 0.363 e. The Morgan fingerprint density at radius 2 is 2.05 bits per heavy atom. The molecule has 19 heavy (non-hydrogen) atoms. The zero-order valence-corrected chi connectivity index (χ0v) is 11.3. The summed E-state index contributed by atoms with van der Waals surface area (Å²) in [6, 6.07) is 6.74. The van der Waals surface area contributed by atoms with E-state index in [1.807, 2.05) is 25.1 Å². The van der Waals surface area contributed by atoms with Gasteiger partial charge in [0.15, 0.2) is 0 Å². The van der Waals surface area contributed by atoms with Crippen LogP contribution in [0.5, 0.6) is 0 Å². The van der Waals surface area contributed by atoms with Crippen molar-refractivity contribution in [1.29, 1.82) is 0 Å². The van der Waals surface area contributed by atoms with Gasteiger partial charge in [-0.15, -0.1) is 0 Å². The molecule has 0 bridgehead atoms. The Bertz CT molecular complexity index is 583. The molecule has 2 heterocycles. The first-order chi connectivity index (χ1) is 9.06. The molecular formula is C13H13ClN4O. The molecule has 1 amide bonds. The average molecular weight is 277 g/mol. The lowest BCUT2D eigenvalue weighted by Gasteiger charge is -2.11. The maximum absolute atomic E-state index is 11.9. The number of rotatable bonds is 3. The van der Waals surface area contributed by atoms with Gasteiger partial charge in [0.2, 0.25) is 0 Å². The van der Waals surface area contributed by atoms with Crippen LogP contribution in [0.3, 0.4) is 0 Å². The van der Waals surface area contributed by atoms with Crippen molar-refractivity contribution in [1.82, 2.24) is 9.97 Å². The van der Waals surface area contributed by atoms with Crippen molar-refractivity contribution in [3.05, 3.63) is 47.4 Å². The van der Waals surface area contributed by atoms with Gasteiger partial charge in [-0.2, -0.15) is 0 Å². The zero-order chi connectivity index (χ0) is 13.8. The van der Waals surface area contributed by atoms with Crippen LogP contribution < -0.4 is 10.2 Å². The molecule has 2 aromatic rings. The fraction of sp³-hybridized carbons (Fsp3) is 0.154. The molecule has 0 unspecified atom stereocenters. The van der Waals surface area contributed by atoms with Crippen molar-refractivity contribution in [2.75, 3.05) is 24.3 Å². The van der Waals surface area contributed by atoms with E-state index in [1.54, 1.807) is 18.3 Å². The maximum atomic E-state index is 11.9. The molecule has 0 spiro atoms. The molecule has 98 valence electrons. The van der Waals surface area contributed by atoms with Gasteiger partial charge in [0, 0.05) is 25.9 Å². The molecule has 6 heteroatoms. The van der Waals surface area contributed by atoms with Gasteiger partial charge in [0.05, 0.1) is 11.9 Å². The van der Waals surface area contributed by atoms with Gasteiger partial charge in [-0.25, -0.2) is 9.97 Å². The molecule has 0 saturated carbocycles. The van der Waals surface area contributed by atoms with Crippen LogP contribution in [0.4, 0.5) is 11.5 Å². The number of carbonyl (C=O) groups excluding carboxylic acids is 1. The molecule has 0 radical (unpaired) electrons. The van der Waals surface area contributed by atoms with E-state index in [2.05, 4.69) is 15.3 Å². The second-order valence-corrected chi connectivity index (χ2v) is 4.51. The minimum Gasteiger partial charge on any atom is -0.363 e. The highest BCUT2D eigenvalue weighted by Gasteiger charge is 2.07. The quantitative estimate of drug-likeness (QED) is 0.875.